The molecule has 92 valence electrons. The van der Waals surface area contributed by atoms with E-state index >= 15 is 0 Å². The molecule has 0 aromatic carbocycles. The van der Waals surface area contributed by atoms with Crippen LogP contribution in [-0.2, 0) is 4.74 Å². The zero-order valence-electron chi connectivity index (χ0n) is 10.9. The highest BCUT2D eigenvalue weighted by Gasteiger charge is 2.00. The molecule has 0 rings (SSSR count). The molecule has 1 N–H and O–H groups in total. The molecule has 15 heavy (non-hydrogen) atoms. The summed E-state index contributed by atoms with van der Waals surface area (Å²) in [5.74, 6) is 0.757. The second-order valence-corrected chi connectivity index (χ2v) is 4.46. The number of nitrogens with one attached hydrogen (secondary N) is 1. The zero-order chi connectivity index (χ0) is 11.5. The minimum atomic E-state index is 0.757. The van der Waals surface area contributed by atoms with Gasteiger partial charge in [-0.05, 0) is 32.9 Å². The molecule has 0 unspecified atom stereocenters. The Labute approximate surface area is 95.2 Å². The van der Waals surface area contributed by atoms with Crippen molar-refractivity contribution in [3.8, 4) is 0 Å². The minimum Gasteiger partial charge on any atom is -0.382 e. The first-order chi connectivity index (χ1) is 7.16. The zero-order valence-corrected chi connectivity index (χ0v) is 10.9. The number of likely N-dealkylation sites (N-methyl/N-ethyl adjacent to an activating group) is 1. The summed E-state index contributed by atoms with van der Waals surface area (Å²) < 4.78 is 5.26. The van der Waals surface area contributed by atoms with Gasteiger partial charge in [-0.1, -0.05) is 13.8 Å². The summed E-state index contributed by atoms with van der Waals surface area (Å²) in [7, 11) is 2.18. The van der Waals surface area contributed by atoms with Gasteiger partial charge in [-0.15, -0.1) is 0 Å². The topological polar surface area (TPSA) is 24.5 Å². The fraction of sp³-hybridized carbons (Fsp3) is 1.00. The van der Waals surface area contributed by atoms with E-state index in [1.54, 1.807) is 0 Å². The molecule has 0 aliphatic rings. The first-order valence-corrected chi connectivity index (χ1v) is 6.13. The van der Waals surface area contributed by atoms with E-state index in [-0.39, 0.29) is 0 Å². The molecule has 0 aliphatic heterocycles. The van der Waals surface area contributed by atoms with Crippen LogP contribution in [0.15, 0.2) is 0 Å². The highest BCUT2D eigenvalue weighted by atomic mass is 16.5. The third-order valence-electron chi connectivity index (χ3n) is 2.19. The smallest absolute Gasteiger partial charge is 0.0477 e. The molecule has 3 nitrogen and oxygen atoms in total. The molecule has 0 saturated heterocycles. The van der Waals surface area contributed by atoms with Crippen molar-refractivity contribution in [1.29, 1.82) is 0 Å². The van der Waals surface area contributed by atoms with E-state index in [0.717, 1.165) is 45.2 Å². The molecule has 0 aromatic rings. The Bertz CT molecular complexity index is 129. The van der Waals surface area contributed by atoms with Crippen LogP contribution in [0, 0.1) is 5.92 Å². The first kappa shape index (κ1) is 14.9. The van der Waals surface area contributed by atoms with Gasteiger partial charge in [0.05, 0.1) is 0 Å². The summed E-state index contributed by atoms with van der Waals surface area (Å²) in [4.78, 5) is 2.38. The van der Waals surface area contributed by atoms with Crippen molar-refractivity contribution in [2.45, 2.75) is 27.2 Å². The van der Waals surface area contributed by atoms with Crippen molar-refractivity contribution in [2.24, 2.45) is 5.92 Å². The van der Waals surface area contributed by atoms with E-state index in [0.29, 0.717) is 0 Å². The van der Waals surface area contributed by atoms with Crippen molar-refractivity contribution in [3.05, 3.63) is 0 Å². The first-order valence-electron chi connectivity index (χ1n) is 6.13. The van der Waals surface area contributed by atoms with E-state index in [9.17, 15) is 0 Å². The average Bonchev–Trinajstić information content (AvgIpc) is 2.15. The Kier molecular flexibility index (Phi) is 10.3. The van der Waals surface area contributed by atoms with Crippen molar-refractivity contribution >= 4 is 0 Å². The molecule has 0 atom stereocenters. The van der Waals surface area contributed by atoms with E-state index < -0.39 is 0 Å². The lowest BCUT2D eigenvalue weighted by atomic mass is 10.2. The predicted molar refractivity (Wildman–Crippen MR) is 66.3 cm³/mol. The maximum Gasteiger partial charge on any atom is 0.0477 e. The molecule has 0 spiro atoms. The average molecular weight is 216 g/mol. The second kappa shape index (κ2) is 10.4. The lowest BCUT2D eigenvalue weighted by Crippen LogP contribution is -2.32. The normalized spacial score (nSPS) is 11.6. The quantitative estimate of drug-likeness (QED) is 0.561. The Morgan fingerprint density at radius 3 is 2.60 bits per heavy atom. The molecular weight excluding hydrogens is 188 g/mol. The van der Waals surface area contributed by atoms with Crippen LogP contribution in [-0.4, -0.2) is 51.3 Å². The standard InChI is InChI=1S/C12H28N2O/c1-5-15-10-6-7-13-8-9-14(4)11-12(2)3/h12-13H,5-11H2,1-4H3. The molecule has 3 heteroatoms. The minimum absolute atomic E-state index is 0.757. The lowest BCUT2D eigenvalue weighted by Gasteiger charge is -2.18. The number of hydrogen-bond acceptors (Lipinski definition) is 3. The van der Waals surface area contributed by atoms with Crippen LogP contribution in [0.1, 0.15) is 27.2 Å². The van der Waals surface area contributed by atoms with Gasteiger partial charge >= 0.3 is 0 Å². The Balaban J connectivity index is 3.09. The maximum atomic E-state index is 5.26. The van der Waals surface area contributed by atoms with Crippen LogP contribution >= 0.6 is 0 Å². The van der Waals surface area contributed by atoms with E-state index in [2.05, 4.69) is 31.1 Å². The fourth-order valence-electron chi connectivity index (χ4n) is 1.55. The third-order valence-corrected chi connectivity index (χ3v) is 2.19. The Morgan fingerprint density at radius 2 is 2.00 bits per heavy atom. The van der Waals surface area contributed by atoms with Gasteiger partial charge in [0.1, 0.15) is 0 Å². The van der Waals surface area contributed by atoms with E-state index in [1.807, 2.05) is 6.92 Å². The number of ether oxygens (including phenoxy) is 1. The van der Waals surface area contributed by atoms with Gasteiger partial charge in [0.15, 0.2) is 0 Å². The number of nitrogens with zero attached hydrogens (tertiary/aromatic N) is 1. The Hall–Kier alpha value is -0.120. The molecule has 0 saturated carbocycles. The van der Waals surface area contributed by atoms with Crippen LogP contribution in [0.3, 0.4) is 0 Å². The van der Waals surface area contributed by atoms with Gasteiger partial charge in [-0.2, -0.15) is 0 Å². The predicted octanol–water partition coefficient (Wildman–Crippen LogP) is 1.59. The summed E-state index contributed by atoms with van der Waals surface area (Å²) in [6, 6.07) is 0. The lowest BCUT2D eigenvalue weighted by molar-refractivity contribution is 0.144. The third kappa shape index (κ3) is 11.8. The Morgan fingerprint density at radius 1 is 1.27 bits per heavy atom. The number of rotatable bonds is 10. The van der Waals surface area contributed by atoms with Gasteiger partial charge in [-0.25, -0.2) is 0 Å². The van der Waals surface area contributed by atoms with Gasteiger partial charge in [-0.3, -0.25) is 0 Å². The molecule has 0 aromatic heterocycles. The summed E-state index contributed by atoms with van der Waals surface area (Å²) in [5.41, 5.74) is 0. The van der Waals surface area contributed by atoms with Gasteiger partial charge in [0.2, 0.25) is 0 Å². The summed E-state index contributed by atoms with van der Waals surface area (Å²) in [6.45, 7) is 12.7. The van der Waals surface area contributed by atoms with Crippen LogP contribution in [0.5, 0.6) is 0 Å². The van der Waals surface area contributed by atoms with Crippen molar-refractivity contribution < 1.29 is 4.74 Å². The van der Waals surface area contributed by atoms with Crippen molar-refractivity contribution in [3.63, 3.8) is 0 Å². The molecule has 0 amide bonds. The molecule has 0 radical (unpaired) electrons. The summed E-state index contributed by atoms with van der Waals surface area (Å²) in [5, 5.41) is 3.43. The summed E-state index contributed by atoms with van der Waals surface area (Å²) in [6.07, 6.45) is 1.11. The SMILES string of the molecule is CCOCCCNCCN(C)CC(C)C. The molecule has 0 fully saturated rings. The van der Waals surface area contributed by atoms with Crippen LogP contribution < -0.4 is 5.32 Å². The fourth-order valence-corrected chi connectivity index (χ4v) is 1.55. The molecular formula is C12H28N2O. The van der Waals surface area contributed by atoms with Crippen molar-refractivity contribution in [2.75, 3.05) is 46.4 Å². The molecule has 0 bridgehead atoms. The van der Waals surface area contributed by atoms with Crippen LogP contribution in [0.25, 0.3) is 0 Å². The van der Waals surface area contributed by atoms with Crippen molar-refractivity contribution in [1.82, 2.24) is 10.2 Å². The van der Waals surface area contributed by atoms with Crippen LogP contribution in [0.2, 0.25) is 0 Å². The maximum absolute atomic E-state index is 5.26. The summed E-state index contributed by atoms with van der Waals surface area (Å²) >= 11 is 0. The largest absolute Gasteiger partial charge is 0.382 e. The second-order valence-electron chi connectivity index (χ2n) is 4.46. The van der Waals surface area contributed by atoms with Crippen LogP contribution in [0.4, 0.5) is 0 Å². The van der Waals surface area contributed by atoms with Gasteiger partial charge in [0.25, 0.3) is 0 Å². The van der Waals surface area contributed by atoms with Gasteiger partial charge < -0.3 is 15.0 Å². The highest BCUT2D eigenvalue weighted by molar-refractivity contribution is 4.57. The number of hydrogen-bond donors (Lipinski definition) is 1. The monoisotopic (exact) mass is 216 g/mol. The van der Waals surface area contributed by atoms with E-state index in [4.69, 9.17) is 4.74 Å². The van der Waals surface area contributed by atoms with E-state index in [1.165, 1.54) is 6.54 Å². The highest BCUT2D eigenvalue weighted by Crippen LogP contribution is 1.94. The molecule has 0 aliphatic carbocycles. The van der Waals surface area contributed by atoms with Gasteiger partial charge in [0, 0.05) is 32.8 Å². The molecule has 0 heterocycles.